The number of halogens is 1. The van der Waals surface area contributed by atoms with Crippen LogP contribution in [-0.4, -0.2) is 11.6 Å². The first kappa shape index (κ1) is 18.5. The minimum Gasteiger partial charge on any atom is -1.00 e. The van der Waals surface area contributed by atoms with E-state index in [1.807, 2.05) is 12.2 Å². The molecule has 1 aliphatic rings. The Labute approximate surface area is 161 Å². The zero-order chi connectivity index (χ0) is 16.1. The molecule has 1 unspecified atom stereocenters. The van der Waals surface area contributed by atoms with Crippen LogP contribution in [0.25, 0.3) is 12.2 Å². The van der Waals surface area contributed by atoms with Crippen molar-refractivity contribution in [3.63, 3.8) is 0 Å². The van der Waals surface area contributed by atoms with Gasteiger partial charge in [0.05, 0.1) is 6.20 Å². The van der Waals surface area contributed by atoms with Crippen molar-refractivity contribution in [1.82, 2.24) is 4.90 Å². The number of nitrogens with one attached hydrogen (secondary N) is 1. The standard InChI is InChI=1S/C21H22N2.HI/c1-3-18-5-9-20(10-6-18)15-22-13-14-23(17-22)16-21-11-7-19(4-2)8-12-21;/h3-14H,1-2,15-17H2;1H. The summed E-state index contributed by atoms with van der Waals surface area (Å²) in [7, 11) is 0. The minimum atomic E-state index is 0. The lowest BCUT2D eigenvalue weighted by molar-refractivity contribution is -0.863. The first-order valence-electron chi connectivity index (χ1n) is 7.96. The maximum atomic E-state index is 3.80. The van der Waals surface area contributed by atoms with E-state index in [9.17, 15) is 0 Å². The molecule has 1 N–H and O–H groups in total. The summed E-state index contributed by atoms with van der Waals surface area (Å²) < 4.78 is 0. The van der Waals surface area contributed by atoms with Gasteiger partial charge in [0.1, 0.15) is 12.7 Å². The fourth-order valence-electron chi connectivity index (χ4n) is 2.83. The summed E-state index contributed by atoms with van der Waals surface area (Å²) in [6.45, 7) is 10.6. The van der Waals surface area contributed by atoms with Crippen LogP contribution in [0.3, 0.4) is 0 Å². The van der Waals surface area contributed by atoms with Gasteiger partial charge in [-0.25, -0.2) is 0 Å². The molecule has 0 aliphatic carbocycles. The molecule has 0 fully saturated rings. The summed E-state index contributed by atoms with van der Waals surface area (Å²) in [5.74, 6) is 0. The van der Waals surface area contributed by atoms with Crippen LogP contribution in [0.2, 0.25) is 0 Å². The monoisotopic (exact) mass is 430 g/mol. The van der Waals surface area contributed by atoms with Gasteiger partial charge in [-0.05, 0) is 16.7 Å². The highest BCUT2D eigenvalue weighted by molar-refractivity contribution is 5.47. The van der Waals surface area contributed by atoms with E-state index in [1.165, 1.54) is 27.2 Å². The quantitative estimate of drug-likeness (QED) is 0.649. The lowest BCUT2D eigenvalue weighted by atomic mass is 10.1. The molecule has 0 bridgehead atoms. The summed E-state index contributed by atoms with van der Waals surface area (Å²) in [4.78, 5) is 3.81. The van der Waals surface area contributed by atoms with Gasteiger partial charge in [0.2, 0.25) is 0 Å². The first-order chi connectivity index (χ1) is 11.3. The zero-order valence-corrected chi connectivity index (χ0v) is 15.9. The van der Waals surface area contributed by atoms with Gasteiger partial charge in [-0.1, -0.05) is 73.8 Å². The fourth-order valence-corrected chi connectivity index (χ4v) is 2.83. The third kappa shape index (κ3) is 4.82. The van der Waals surface area contributed by atoms with Crippen LogP contribution < -0.4 is 28.9 Å². The predicted molar refractivity (Wildman–Crippen MR) is 97.3 cm³/mol. The molecule has 1 aliphatic heterocycles. The molecule has 0 saturated heterocycles. The fraction of sp³-hybridized carbons (Fsp3) is 0.143. The Hall–Kier alpha value is -1.85. The average Bonchev–Trinajstić information content (AvgIpc) is 3.03. The SMILES string of the molecule is C=Cc1ccc(CN2C=C[NH+](Cc3ccc(C=C)cc3)C2)cc1.[I-]. The lowest BCUT2D eigenvalue weighted by Gasteiger charge is -2.17. The molecule has 0 radical (unpaired) electrons. The number of benzene rings is 2. The van der Waals surface area contributed by atoms with Crippen molar-refractivity contribution in [2.24, 2.45) is 0 Å². The van der Waals surface area contributed by atoms with Crippen molar-refractivity contribution in [3.05, 3.63) is 96.3 Å². The van der Waals surface area contributed by atoms with Crippen molar-refractivity contribution in [2.75, 3.05) is 6.67 Å². The van der Waals surface area contributed by atoms with E-state index in [2.05, 4.69) is 79.0 Å². The van der Waals surface area contributed by atoms with E-state index < -0.39 is 0 Å². The Kier molecular flexibility index (Phi) is 6.82. The molecule has 124 valence electrons. The largest absolute Gasteiger partial charge is 1.00 e. The van der Waals surface area contributed by atoms with Gasteiger partial charge in [0, 0.05) is 12.1 Å². The highest BCUT2D eigenvalue weighted by atomic mass is 127. The van der Waals surface area contributed by atoms with E-state index >= 15 is 0 Å². The molecule has 1 atom stereocenters. The summed E-state index contributed by atoms with van der Waals surface area (Å²) in [6.07, 6.45) is 8.21. The van der Waals surface area contributed by atoms with Crippen LogP contribution in [0.15, 0.2) is 74.1 Å². The second-order valence-corrected chi connectivity index (χ2v) is 5.95. The molecule has 1 heterocycles. The second kappa shape index (κ2) is 8.85. The van der Waals surface area contributed by atoms with E-state index in [-0.39, 0.29) is 24.0 Å². The van der Waals surface area contributed by atoms with E-state index in [1.54, 1.807) is 0 Å². The number of rotatable bonds is 6. The molecule has 3 heteroatoms. The molecular formula is C21H23IN2. The van der Waals surface area contributed by atoms with Gasteiger partial charge in [-0.3, -0.25) is 4.90 Å². The maximum Gasteiger partial charge on any atom is 0.157 e. The Morgan fingerprint density at radius 1 is 0.875 bits per heavy atom. The molecule has 3 rings (SSSR count). The van der Waals surface area contributed by atoms with Crippen LogP contribution in [0.4, 0.5) is 0 Å². The Bertz CT molecular complexity index is 640. The Balaban J connectivity index is 0.00000208. The normalized spacial score (nSPS) is 15.8. The van der Waals surface area contributed by atoms with Crippen LogP contribution in [0, 0.1) is 0 Å². The van der Waals surface area contributed by atoms with Crippen molar-refractivity contribution in [3.8, 4) is 0 Å². The van der Waals surface area contributed by atoms with Crippen LogP contribution >= 0.6 is 0 Å². The second-order valence-electron chi connectivity index (χ2n) is 5.95. The van der Waals surface area contributed by atoms with Crippen LogP contribution in [0.5, 0.6) is 0 Å². The topological polar surface area (TPSA) is 7.68 Å². The Morgan fingerprint density at radius 3 is 1.96 bits per heavy atom. The smallest absolute Gasteiger partial charge is 0.157 e. The van der Waals surface area contributed by atoms with E-state index in [0.717, 1.165) is 19.8 Å². The third-order valence-electron chi connectivity index (χ3n) is 4.17. The summed E-state index contributed by atoms with van der Waals surface area (Å²) in [6, 6.07) is 17.2. The molecular weight excluding hydrogens is 407 g/mol. The highest BCUT2D eigenvalue weighted by Gasteiger charge is 2.17. The molecule has 0 spiro atoms. The van der Waals surface area contributed by atoms with E-state index in [4.69, 9.17) is 0 Å². The van der Waals surface area contributed by atoms with Gasteiger partial charge >= 0.3 is 0 Å². The molecule has 0 amide bonds. The zero-order valence-electron chi connectivity index (χ0n) is 13.8. The summed E-state index contributed by atoms with van der Waals surface area (Å²) in [5, 5.41) is 0. The highest BCUT2D eigenvalue weighted by Crippen LogP contribution is 2.09. The number of hydrogen-bond donors (Lipinski definition) is 1. The first-order valence-corrected chi connectivity index (χ1v) is 7.96. The summed E-state index contributed by atoms with van der Waals surface area (Å²) >= 11 is 0. The molecule has 2 aromatic rings. The molecule has 0 saturated carbocycles. The average molecular weight is 430 g/mol. The molecule has 2 nitrogen and oxygen atoms in total. The van der Waals surface area contributed by atoms with Crippen molar-refractivity contribution < 1.29 is 28.9 Å². The van der Waals surface area contributed by atoms with Gasteiger partial charge in [0.25, 0.3) is 0 Å². The van der Waals surface area contributed by atoms with Crippen molar-refractivity contribution in [1.29, 1.82) is 0 Å². The minimum absolute atomic E-state index is 0. The van der Waals surface area contributed by atoms with Crippen LogP contribution in [0.1, 0.15) is 22.3 Å². The maximum absolute atomic E-state index is 3.80. The molecule has 0 aromatic heterocycles. The van der Waals surface area contributed by atoms with Gasteiger partial charge in [0.15, 0.2) is 6.67 Å². The van der Waals surface area contributed by atoms with Crippen LogP contribution in [-0.2, 0) is 13.1 Å². The van der Waals surface area contributed by atoms with Crippen molar-refractivity contribution >= 4 is 12.2 Å². The number of quaternary nitrogens is 1. The lowest BCUT2D eigenvalue weighted by Crippen LogP contribution is -3.05. The van der Waals surface area contributed by atoms with Gasteiger partial charge in [-0.15, -0.1) is 0 Å². The molecule has 2 aromatic carbocycles. The van der Waals surface area contributed by atoms with Gasteiger partial charge < -0.3 is 28.9 Å². The summed E-state index contributed by atoms with van der Waals surface area (Å²) in [5.41, 5.74) is 5.02. The van der Waals surface area contributed by atoms with Gasteiger partial charge in [-0.2, -0.15) is 0 Å². The van der Waals surface area contributed by atoms with E-state index in [0.29, 0.717) is 0 Å². The van der Waals surface area contributed by atoms with Crippen molar-refractivity contribution in [2.45, 2.75) is 13.1 Å². The number of nitrogens with zero attached hydrogens (tertiary/aromatic N) is 1. The predicted octanol–water partition coefficient (Wildman–Crippen LogP) is 0.306. The Morgan fingerprint density at radius 2 is 1.42 bits per heavy atom. The number of hydrogen-bond acceptors (Lipinski definition) is 1. The molecule has 24 heavy (non-hydrogen) atoms. The third-order valence-corrected chi connectivity index (χ3v) is 4.17.